The van der Waals surface area contributed by atoms with Crippen LogP contribution >= 0.6 is 0 Å². The summed E-state index contributed by atoms with van der Waals surface area (Å²) in [4.78, 5) is 36.8. The highest BCUT2D eigenvalue weighted by molar-refractivity contribution is 5.96. The molecule has 32 heavy (non-hydrogen) atoms. The fourth-order valence-electron chi connectivity index (χ4n) is 3.72. The highest BCUT2D eigenvalue weighted by Crippen LogP contribution is 2.15. The predicted molar refractivity (Wildman–Crippen MR) is 119 cm³/mol. The van der Waals surface area contributed by atoms with Crippen molar-refractivity contribution < 1.29 is 19.2 Å². The molecule has 1 fully saturated rings. The van der Waals surface area contributed by atoms with Gasteiger partial charge < -0.3 is 15.4 Å². The van der Waals surface area contributed by atoms with Crippen LogP contribution in [0.5, 0.6) is 0 Å². The van der Waals surface area contributed by atoms with E-state index < -0.39 is 10.8 Å². The monoisotopic (exact) mass is 440 g/mol. The minimum absolute atomic E-state index is 0.131. The van der Waals surface area contributed by atoms with E-state index in [1.54, 1.807) is 0 Å². The maximum absolute atomic E-state index is 12.1. The Labute approximate surface area is 186 Å². The summed E-state index contributed by atoms with van der Waals surface area (Å²) in [6.07, 6.45) is 0.455. The highest BCUT2D eigenvalue weighted by Gasteiger charge is 2.22. The van der Waals surface area contributed by atoms with Crippen LogP contribution in [0.15, 0.2) is 48.5 Å². The molecule has 2 atom stereocenters. The van der Waals surface area contributed by atoms with Crippen molar-refractivity contribution in [3.8, 4) is 0 Å². The summed E-state index contributed by atoms with van der Waals surface area (Å²) in [6.45, 7) is 6.97. The summed E-state index contributed by atoms with van der Waals surface area (Å²) in [7, 11) is 0. The molecule has 3 rings (SSSR count). The number of carbonyl (C=O) groups excluding carboxylic acids is 2. The Morgan fingerprint density at radius 2 is 1.72 bits per heavy atom. The first-order valence-corrected chi connectivity index (χ1v) is 10.5. The summed E-state index contributed by atoms with van der Waals surface area (Å²) in [6, 6.07) is 13.4. The Balaban J connectivity index is 1.42. The van der Waals surface area contributed by atoms with Gasteiger partial charge in [0.2, 0.25) is 5.91 Å². The molecule has 0 aromatic heterocycles. The van der Waals surface area contributed by atoms with Gasteiger partial charge in [-0.3, -0.25) is 24.6 Å². The van der Waals surface area contributed by atoms with Crippen molar-refractivity contribution >= 4 is 17.5 Å². The zero-order chi connectivity index (χ0) is 23.1. The number of nitrogens with one attached hydrogen (secondary N) is 2. The van der Waals surface area contributed by atoms with Crippen LogP contribution in [0.4, 0.5) is 5.69 Å². The quantitative estimate of drug-likeness (QED) is 0.481. The number of nitro benzene ring substituents is 1. The molecule has 2 amide bonds. The Bertz CT molecular complexity index is 953. The zero-order valence-corrected chi connectivity index (χ0v) is 18.2. The summed E-state index contributed by atoms with van der Waals surface area (Å²) < 4.78 is 5.77. The SMILES string of the molecule is CC1CN(Cc2ccc(CNC(=O)CNC(=O)c3cccc([N+](=O)[O-])c3)cc2)CC(C)O1. The summed E-state index contributed by atoms with van der Waals surface area (Å²) in [5, 5.41) is 16.0. The second kappa shape index (κ2) is 10.8. The number of nitro groups is 1. The second-order valence-corrected chi connectivity index (χ2v) is 8.03. The van der Waals surface area contributed by atoms with Crippen LogP contribution < -0.4 is 10.6 Å². The molecule has 170 valence electrons. The van der Waals surface area contributed by atoms with Gasteiger partial charge in [-0.1, -0.05) is 30.3 Å². The first-order chi connectivity index (χ1) is 15.3. The Morgan fingerprint density at radius 3 is 2.38 bits per heavy atom. The van der Waals surface area contributed by atoms with Crippen molar-refractivity contribution in [3.63, 3.8) is 0 Å². The molecule has 1 aliphatic rings. The minimum atomic E-state index is -0.573. The van der Waals surface area contributed by atoms with Crippen LogP contribution in [0.3, 0.4) is 0 Å². The van der Waals surface area contributed by atoms with E-state index in [1.165, 1.54) is 29.8 Å². The largest absolute Gasteiger partial charge is 0.373 e. The van der Waals surface area contributed by atoms with E-state index in [4.69, 9.17) is 4.74 Å². The molecule has 1 aliphatic heterocycles. The van der Waals surface area contributed by atoms with Gasteiger partial charge in [-0.15, -0.1) is 0 Å². The molecule has 1 heterocycles. The highest BCUT2D eigenvalue weighted by atomic mass is 16.6. The fraction of sp³-hybridized carbons (Fsp3) is 0.391. The summed E-state index contributed by atoms with van der Waals surface area (Å²) >= 11 is 0. The maximum atomic E-state index is 12.1. The lowest BCUT2D eigenvalue weighted by atomic mass is 10.1. The molecule has 0 radical (unpaired) electrons. The number of non-ortho nitro benzene ring substituents is 1. The maximum Gasteiger partial charge on any atom is 0.270 e. The Kier molecular flexibility index (Phi) is 7.91. The van der Waals surface area contributed by atoms with E-state index in [2.05, 4.69) is 41.5 Å². The molecule has 1 saturated heterocycles. The topological polar surface area (TPSA) is 114 Å². The van der Waals surface area contributed by atoms with E-state index in [1.807, 2.05) is 12.1 Å². The van der Waals surface area contributed by atoms with Crippen molar-refractivity contribution in [2.45, 2.75) is 39.1 Å². The Morgan fingerprint density at radius 1 is 1.06 bits per heavy atom. The molecule has 9 nitrogen and oxygen atoms in total. The number of carbonyl (C=O) groups is 2. The zero-order valence-electron chi connectivity index (χ0n) is 18.2. The van der Waals surface area contributed by atoms with Gasteiger partial charge >= 0.3 is 0 Å². The number of hydrogen-bond acceptors (Lipinski definition) is 6. The average molecular weight is 441 g/mol. The first-order valence-electron chi connectivity index (χ1n) is 10.5. The van der Waals surface area contributed by atoms with E-state index in [0.717, 1.165) is 25.2 Å². The number of hydrogen-bond donors (Lipinski definition) is 2. The molecule has 2 aromatic rings. The van der Waals surface area contributed by atoms with Crippen molar-refractivity contribution in [2.24, 2.45) is 0 Å². The number of nitrogens with zero attached hydrogens (tertiary/aromatic N) is 2. The van der Waals surface area contributed by atoms with Crippen LogP contribution in [0, 0.1) is 10.1 Å². The number of benzene rings is 2. The van der Waals surface area contributed by atoms with Gasteiger partial charge in [0, 0.05) is 43.9 Å². The average Bonchev–Trinajstić information content (AvgIpc) is 2.76. The normalized spacial score (nSPS) is 18.7. The third kappa shape index (κ3) is 6.86. The molecule has 9 heteroatoms. The van der Waals surface area contributed by atoms with E-state index >= 15 is 0 Å². The third-order valence-electron chi connectivity index (χ3n) is 5.14. The molecule has 0 aliphatic carbocycles. The first kappa shape index (κ1) is 23.4. The molecule has 0 spiro atoms. The van der Waals surface area contributed by atoms with Gasteiger partial charge in [0.15, 0.2) is 0 Å². The molecule has 0 bridgehead atoms. The van der Waals surface area contributed by atoms with Crippen LogP contribution in [-0.2, 0) is 22.6 Å². The molecular weight excluding hydrogens is 412 g/mol. The van der Waals surface area contributed by atoms with Gasteiger partial charge in [0.1, 0.15) is 0 Å². The minimum Gasteiger partial charge on any atom is -0.373 e. The van der Waals surface area contributed by atoms with Gasteiger partial charge in [0.25, 0.3) is 11.6 Å². The third-order valence-corrected chi connectivity index (χ3v) is 5.14. The number of morpholine rings is 1. The number of rotatable bonds is 8. The molecule has 0 saturated carbocycles. The molecule has 2 unspecified atom stereocenters. The lowest BCUT2D eigenvalue weighted by Gasteiger charge is -2.35. The van der Waals surface area contributed by atoms with Crippen LogP contribution in [-0.4, -0.2) is 53.5 Å². The standard InChI is InChI=1S/C23H28N4O5/c1-16-13-26(14-17(2)32-16)15-19-8-6-18(7-9-19)11-24-22(28)12-25-23(29)20-4-3-5-21(10-20)27(30)31/h3-10,16-17H,11-15H2,1-2H3,(H,24,28)(H,25,29). The van der Waals surface area contributed by atoms with Crippen LogP contribution in [0.25, 0.3) is 0 Å². The summed E-state index contributed by atoms with van der Waals surface area (Å²) in [5.74, 6) is -0.885. The number of ether oxygens (including phenoxy) is 1. The van der Waals surface area contributed by atoms with Crippen molar-refractivity contribution in [3.05, 3.63) is 75.3 Å². The lowest BCUT2D eigenvalue weighted by molar-refractivity contribution is -0.384. The van der Waals surface area contributed by atoms with E-state index in [9.17, 15) is 19.7 Å². The van der Waals surface area contributed by atoms with Gasteiger partial charge in [-0.25, -0.2) is 0 Å². The van der Waals surface area contributed by atoms with E-state index in [0.29, 0.717) is 6.54 Å². The predicted octanol–water partition coefficient (Wildman–Crippen LogP) is 2.25. The molecular formula is C23H28N4O5. The summed E-state index contributed by atoms with van der Waals surface area (Å²) in [5.41, 5.74) is 2.11. The van der Waals surface area contributed by atoms with E-state index in [-0.39, 0.29) is 35.9 Å². The number of amides is 2. The van der Waals surface area contributed by atoms with Gasteiger partial charge in [-0.2, -0.15) is 0 Å². The lowest BCUT2D eigenvalue weighted by Crippen LogP contribution is -2.44. The molecule has 2 N–H and O–H groups in total. The van der Waals surface area contributed by atoms with Crippen LogP contribution in [0.1, 0.15) is 35.3 Å². The van der Waals surface area contributed by atoms with Gasteiger partial charge in [-0.05, 0) is 31.0 Å². The van der Waals surface area contributed by atoms with Crippen LogP contribution in [0.2, 0.25) is 0 Å². The fourth-order valence-corrected chi connectivity index (χ4v) is 3.72. The van der Waals surface area contributed by atoms with Crippen molar-refractivity contribution in [2.75, 3.05) is 19.6 Å². The van der Waals surface area contributed by atoms with Crippen molar-refractivity contribution in [1.29, 1.82) is 0 Å². The second-order valence-electron chi connectivity index (χ2n) is 8.03. The van der Waals surface area contributed by atoms with Gasteiger partial charge in [0.05, 0.1) is 23.7 Å². The smallest absolute Gasteiger partial charge is 0.270 e. The Hall–Kier alpha value is -3.30. The molecule has 2 aromatic carbocycles. The van der Waals surface area contributed by atoms with Crippen molar-refractivity contribution in [1.82, 2.24) is 15.5 Å².